The number of carbonyl (C=O) groups excluding carboxylic acids is 1. The van der Waals surface area contributed by atoms with Gasteiger partial charge in [-0.05, 0) is 37.1 Å². The number of nitrogens with zero attached hydrogens (tertiary/aromatic N) is 2. The van der Waals surface area contributed by atoms with Gasteiger partial charge in [-0.25, -0.2) is 0 Å². The normalized spacial score (nSPS) is 10.6. The van der Waals surface area contributed by atoms with Crippen molar-refractivity contribution in [1.29, 1.82) is 0 Å². The molecule has 0 unspecified atom stereocenters. The van der Waals surface area contributed by atoms with Crippen molar-refractivity contribution < 1.29 is 14.4 Å². The van der Waals surface area contributed by atoms with Crippen LogP contribution < -0.4 is 5.32 Å². The number of amides is 1. The van der Waals surface area contributed by atoms with E-state index in [1.165, 1.54) is 0 Å². The predicted molar refractivity (Wildman–Crippen MR) is 82.4 cm³/mol. The van der Waals surface area contributed by atoms with Crippen molar-refractivity contribution in [2.45, 2.75) is 25.7 Å². The number of nitrogens with one attached hydrogen (secondary N) is 1. The molecule has 1 aromatic carbocycles. The molecule has 1 aromatic heterocycles. The van der Waals surface area contributed by atoms with E-state index < -0.39 is 0 Å². The van der Waals surface area contributed by atoms with Gasteiger partial charge in [0.2, 0.25) is 17.6 Å². The molecule has 22 heavy (non-hydrogen) atoms. The summed E-state index contributed by atoms with van der Waals surface area (Å²) in [4.78, 5) is 15.8. The highest BCUT2D eigenvalue weighted by molar-refractivity contribution is 6.30. The van der Waals surface area contributed by atoms with E-state index in [-0.39, 0.29) is 12.5 Å². The second-order valence-electron chi connectivity index (χ2n) is 4.80. The van der Waals surface area contributed by atoms with E-state index >= 15 is 0 Å². The molecule has 0 bridgehead atoms. The molecule has 0 aliphatic rings. The van der Waals surface area contributed by atoms with Crippen LogP contribution in [0.25, 0.3) is 11.4 Å². The minimum Gasteiger partial charge on any atom is -0.396 e. The number of aromatic nitrogens is 2. The number of hydrogen-bond acceptors (Lipinski definition) is 5. The first-order valence-electron chi connectivity index (χ1n) is 7.15. The van der Waals surface area contributed by atoms with Gasteiger partial charge in [-0.3, -0.25) is 4.79 Å². The average molecular weight is 324 g/mol. The van der Waals surface area contributed by atoms with Crippen LogP contribution in [0.2, 0.25) is 5.02 Å². The molecular formula is C15H18ClN3O3. The van der Waals surface area contributed by atoms with Gasteiger partial charge in [0.25, 0.3) is 0 Å². The summed E-state index contributed by atoms with van der Waals surface area (Å²) < 4.78 is 5.17. The smallest absolute Gasteiger partial charge is 0.226 e. The largest absolute Gasteiger partial charge is 0.396 e. The fraction of sp³-hybridized carbons (Fsp3) is 0.400. The Morgan fingerprint density at radius 2 is 2.05 bits per heavy atom. The number of carbonyl (C=O) groups is 1. The first kappa shape index (κ1) is 16.5. The summed E-state index contributed by atoms with van der Waals surface area (Å²) in [6, 6.07) is 7.18. The van der Waals surface area contributed by atoms with Gasteiger partial charge < -0.3 is 14.9 Å². The Balaban J connectivity index is 1.78. The van der Waals surface area contributed by atoms with Crippen molar-refractivity contribution in [3.05, 3.63) is 35.2 Å². The molecule has 6 nitrogen and oxygen atoms in total. The monoisotopic (exact) mass is 323 g/mol. The van der Waals surface area contributed by atoms with Crippen LogP contribution in [0.3, 0.4) is 0 Å². The van der Waals surface area contributed by atoms with Gasteiger partial charge in [0.05, 0.1) is 0 Å². The number of benzene rings is 1. The van der Waals surface area contributed by atoms with Crippen LogP contribution >= 0.6 is 11.6 Å². The summed E-state index contributed by atoms with van der Waals surface area (Å²) in [6.07, 6.45) is 2.14. The summed E-state index contributed by atoms with van der Waals surface area (Å²) in [5.74, 6) is 0.984. The van der Waals surface area contributed by atoms with E-state index in [1.54, 1.807) is 12.1 Å². The lowest BCUT2D eigenvalue weighted by Gasteiger charge is -2.02. The van der Waals surface area contributed by atoms with Crippen molar-refractivity contribution in [2.24, 2.45) is 0 Å². The number of hydrogen-bond donors (Lipinski definition) is 2. The predicted octanol–water partition coefficient (Wildman–Crippen LogP) is 2.21. The topological polar surface area (TPSA) is 88.2 Å². The molecule has 0 saturated heterocycles. The number of halogens is 1. The third kappa shape index (κ3) is 5.13. The van der Waals surface area contributed by atoms with Crippen LogP contribution in [0.15, 0.2) is 28.8 Å². The lowest BCUT2D eigenvalue weighted by Crippen LogP contribution is -2.24. The molecular weight excluding hydrogens is 306 g/mol. The van der Waals surface area contributed by atoms with Gasteiger partial charge in [-0.2, -0.15) is 4.98 Å². The highest BCUT2D eigenvalue weighted by Crippen LogP contribution is 2.19. The van der Waals surface area contributed by atoms with Gasteiger partial charge in [-0.1, -0.05) is 16.8 Å². The van der Waals surface area contributed by atoms with Gasteiger partial charge in [0, 0.05) is 36.6 Å². The zero-order chi connectivity index (χ0) is 15.8. The minimum atomic E-state index is -0.0362. The SMILES string of the molecule is O=C(CCCc1nc(-c2ccc(Cl)cc2)no1)NCCCO. The lowest BCUT2D eigenvalue weighted by molar-refractivity contribution is -0.121. The Labute approximate surface area is 133 Å². The number of rotatable bonds is 8. The minimum absolute atomic E-state index is 0.0362. The second kappa shape index (κ2) is 8.51. The molecule has 0 fully saturated rings. The van der Waals surface area contributed by atoms with Gasteiger partial charge >= 0.3 is 0 Å². The lowest BCUT2D eigenvalue weighted by atomic mass is 10.2. The molecule has 1 amide bonds. The van der Waals surface area contributed by atoms with Crippen LogP contribution in [-0.4, -0.2) is 34.3 Å². The van der Waals surface area contributed by atoms with Crippen LogP contribution in [-0.2, 0) is 11.2 Å². The van der Waals surface area contributed by atoms with Crippen molar-refractivity contribution >= 4 is 17.5 Å². The molecule has 0 aliphatic carbocycles. The van der Waals surface area contributed by atoms with Crippen molar-refractivity contribution in [3.63, 3.8) is 0 Å². The Kier molecular flexibility index (Phi) is 6.36. The summed E-state index contributed by atoms with van der Waals surface area (Å²) in [5, 5.41) is 15.9. The Bertz CT molecular complexity index is 598. The Morgan fingerprint density at radius 1 is 1.27 bits per heavy atom. The fourth-order valence-electron chi connectivity index (χ4n) is 1.87. The maximum Gasteiger partial charge on any atom is 0.226 e. The molecule has 1 heterocycles. The second-order valence-corrected chi connectivity index (χ2v) is 5.24. The first-order chi connectivity index (χ1) is 10.7. The summed E-state index contributed by atoms with van der Waals surface area (Å²) >= 11 is 5.83. The Morgan fingerprint density at radius 3 is 2.77 bits per heavy atom. The van der Waals surface area contributed by atoms with Gasteiger partial charge in [0.15, 0.2) is 0 Å². The van der Waals surface area contributed by atoms with E-state index in [9.17, 15) is 4.79 Å². The first-order valence-corrected chi connectivity index (χ1v) is 7.53. The van der Waals surface area contributed by atoms with E-state index in [2.05, 4.69) is 15.5 Å². The molecule has 2 N–H and O–H groups in total. The van der Waals surface area contributed by atoms with Crippen molar-refractivity contribution in [1.82, 2.24) is 15.5 Å². The third-order valence-corrected chi connectivity index (χ3v) is 3.27. The fourth-order valence-corrected chi connectivity index (χ4v) is 1.99. The van der Waals surface area contributed by atoms with Gasteiger partial charge in [0.1, 0.15) is 0 Å². The maximum absolute atomic E-state index is 11.5. The van der Waals surface area contributed by atoms with Crippen LogP contribution in [0.4, 0.5) is 0 Å². The molecule has 118 valence electrons. The summed E-state index contributed by atoms with van der Waals surface area (Å²) in [5.41, 5.74) is 0.834. The van der Waals surface area contributed by atoms with E-state index in [0.29, 0.717) is 49.0 Å². The van der Waals surface area contributed by atoms with Crippen molar-refractivity contribution in [3.8, 4) is 11.4 Å². The molecule has 0 spiro atoms. The molecule has 0 atom stereocenters. The zero-order valence-electron chi connectivity index (χ0n) is 12.1. The summed E-state index contributed by atoms with van der Waals surface area (Å²) in [7, 11) is 0. The quantitative estimate of drug-likeness (QED) is 0.727. The molecule has 0 radical (unpaired) electrons. The van der Waals surface area contributed by atoms with E-state index in [0.717, 1.165) is 5.56 Å². The number of aliphatic hydroxyl groups is 1. The molecule has 7 heteroatoms. The van der Waals surface area contributed by atoms with Crippen LogP contribution in [0.1, 0.15) is 25.2 Å². The third-order valence-electron chi connectivity index (χ3n) is 3.02. The highest BCUT2D eigenvalue weighted by Gasteiger charge is 2.09. The molecule has 2 aromatic rings. The molecule has 0 aliphatic heterocycles. The van der Waals surface area contributed by atoms with Crippen LogP contribution in [0.5, 0.6) is 0 Å². The number of aliphatic hydroxyl groups excluding tert-OH is 1. The highest BCUT2D eigenvalue weighted by atomic mass is 35.5. The maximum atomic E-state index is 11.5. The van der Waals surface area contributed by atoms with E-state index in [1.807, 2.05) is 12.1 Å². The van der Waals surface area contributed by atoms with Crippen molar-refractivity contribution in [2.75, 3.05) is 13.2 Å². The summed E-state index contributed by atoms with van der Waals surface area (Å²) in [6.45, 7) is 0.576. The van der Waals surface area contributed by atoms with Gasteiger partial charge in [-0.15, -0.1) is 0 Å². The zero-order valence-corrected chi connectivity index (χ0v) is 12.8. The Hall–Kier alpha value is -1.92. The van der Waals surface area contributed by atoms with Crippen LogP contribution in [0, 0.1) is 0 Å². The molecule has 0 saturated carbocycles. The number of aryl methyl sites for hydroxylation is 1. The standard InChI is InChI=1S/C15H18ClN3O3/c16-12-7-5-11(6-8-12)15-18-14(22-19-15)4-1-3-13(21)17-9-2-10-20/h5-8,20H,1-4,9-10H2,(H,17,21). The average Bonchev–Trinajstić information content (AvgIpc) is 2.97. The van der Waals surface area contributed by atoms with E-state index in [4.69, 9.17) is 21.2 Å². The molecule has 2 rings (SSSR count).